The van der Waals surface area contributed by atoms with Gasteiger partial charge in [0.05, 0.1) is 5.56 Å². The first-order valence-corrected chi connectivity index (χ1v) is 9.02. The normalized spacial score (nSPS) is 14.9. The van der Waals surface area contributed by atoms with Crippen LogP contribution in [-0.2, 0) is 12.6 Å². The zero-order valence-electron chi connectivity index (χ0n) is 15.2. The molecular weight excluding hydrogens is 374 g/mol. The van der Waals surface area contributed by atoms with Gasteiger partial charge in [0.25, 0.3) is 0 Å². The van der Waals surface area contributed by atoms with E-state index in [-0.39, 0.29) is 11.8 Å². The van der Waals surface area contributed by atoms with Crippen LogP contribution in [0.25, 0.3) is 0 Å². The molecule has 2 aromatic rings. The Morgan fingerprint density at radius 3 is 2.39 bits per heavy atom. The number of hydrogen-bond acceptors (Lipinski definition) is 2. The molecule has 8 heteroatoms. The number of urea groups is 1. The van der Waals surface area contributed by atoms with Crippen molar-refractivity contribution in [1.82, 2.24) is 10.2 Å². The number of nitrogens with zero attached hydrogens (tertiary/aromatic N) is 2. The molecule has 1 aliphatic rings. The predicted octanol–water partition coefficient (Wildman–Crippen LogP) is 3.92. The molecule has 0 aliphatic carbocycles. The molecule has 0 spiro atoms. The van der Waals surface area contributed by atoms with Crippen LogP contribution < -0.4 is 10.2 Å². The van der Waals surface area contributed by atoms with Crippen molar-refractivity contribution >= 4 is 11.7 Å². The minimum absolute atomic E-state index is 0.222. The Morgan fingerprint density at radius 2 is 1.71 bits per heavy atom. The van der Waals surface area contributed by atoms with E-state index in [4.69, 9.17) is 0 Å². The second-order valence-corrected chi connectivity index (χ2v) is 6.63. The number of rotatable bonds is 4. The van der Waals surface area contributed by atoms with E-state index in [0.717, 1.165) is 17.7 Å². The van der Waals surface area contributed by atoms with Gasteiger partial charge in [-0.15, -0.1) is 0 Å². The number of benzene rings is 2. The smallest absolute Gasteiger partial charge is 0.368 e. The van der Waals surface area contributed by atoms with Crippen LogP contribution in [0.5, 0.6) is 0 Å². The van der Waals surface area contributed by atoms with E-state index in [2.05, 4.69) is 5.32 Å². The monoisotopic (exact) mass is 395 g/mol. The minimum atomic E-state index is -4.38. The third-order valence-corrected chi connectivity index (χ3v) is 4.68. The second kappa shape index (κ2) is 8.50. The number of amides is 2. The van der Waals surface area contributed by atoms with Crippen LogP contribution in [0.4, 0.5) is 28.0 Å². The summed E-state index contributed by atoms with van der Waals surface area (Å²) >= 11 is 0. The fraction of sp³-hybridized carbons (Fsp3) is 0.350. The number of piperazine rings is 1. The second-order valence-electron chi connectivity index (χ2n) is 6.63. The molecule has 28 heavy (non-hydrogen) atoms. The minimum Gasteiger partial charge on any atom is -0.368 e. The maximum absolute atomic E-state index is 13.1. The molecule has 1 fully saturated rings. The molecule has 0 aromatic heterocycles. The van der Waals surface area contributed by atoms with Crippen LogP contribution in [0, 0.1) is 5.82 Å². The first-order valence-electron chi connectivity index (χ1n) is 9.02. The molecule has 1 aliphatic heterocycles. The summed E-state index contributed by atoms with van der Waals surface area (Å²) in [5.41, 5.74) is 0.623. The number of carbonyl (C=O) groups excluding carboxylic acids is 1. The standard InChI is InChI=1S/C20H21F4N3O/c21-17-5-1-3-15(13-17)7-8-25-19(28)27-11-9-26(10-12-27)18-6-2-4-16(14-18)20(22,23)24/h1-6,13-14H,7-12H2,(H,25,28). The summed E-state index contributed by atoms with van der Waals surface area (Å²) in [4.78, 5) is 15.7. The SMILES string of the molecule is O=C(NCCc1cccc(F)c1)N1CCN(c2cccc(C(F)(F)F)c2)CC1. The van der Waals surface area contributed by atoms with Gasteiger partial charge in [-0.2, -0.15) is 13.2 Å². The van der Waals surface area contributed by atoms with Gasteiger partial charge in [-0.05, 0) is 42.3 Å². The highest BCUT2D eigenvalue weighted by molar-refractivity contribution is 5.74. The first-order chi connectivity index (χ1) is 13.3. The van der Waals surface area contributed by atoms with Crippen molar-refractivity contribution in [3.05, 3.63) is 65.5 Å². The van der Waals surface area contributed by atoms with Crippen LogP contribution in [0.3, 0.4) is 0 Å². The molecule has 0 bridgehead atoms. The van der Waals surface area contributed by atoms with Crippen molar-refractivity contribution in [2.75, 3.05) is 37.6 Å². The lowest BCUT2D eigenvalue weighted by Crippen LogP contribution is -2.52. The average molecular weight is 395 g/mol. The van der Waals surface area contributed by atoms with E-state index in [1.165, 1.54) is 18.2 Å². The van der Waals surface area contributed by atoms with Gasteiger partial charge in [-0.3, -0.25) is 0 Å². The van der Waals surface area contributed by atoms with E-state index in [1.54, 1.807) is 23.1 Å². The largest absolute Gasteiger partial charge is 0.416 e. The van der Waals surface area contributed by atoms with Crippen molar-refractivity contribution in [2.45, 2.75) is 12.6 Å². The van der Waals surface area contributed by atoms with Gasteiger partial charge in [0, 0.05) is 38.4 Å². The first kappa shape index (κ1) is 20.0. The lowest BCUT2D eigenvalue weighted by Gasteiger charge is -2.36. The average Bonchev–Trinajstić information content (AvgIpc) is 2.67. The Labute approximate surface area is 160 Å². The molecule has 2 amide bonds. The number of nitrogens with one attached hydrogen (secondary N) is 1. The third kappa shape index (κ3) is 5.15. The van der Waals surface area contributed by atoms with Crippen LogP contribution in [-0.4, -0.2) is 43.7 Å². The molecule has 3 rings (SSSR count). The van der Waals surface area contributed by atoms with Gasteiger partial charge in [0.2, 0.25) is 0 Å². The van der Waals surface area contributed by atoms with Gasteiger partial charge in [0.1, 0.15) is 5.82 Å². The van der Waals surface area contributed by atoms with Crippen LogP contribution >= 0.6 is 0 Å². The molecule has 0 atom stereocenters. The highest BCUT2D eigenvalue weighted by Gasteiger charge is 2.31. The van der Waals surface area contributed by atoms with E-state index < -0.39 is 11.7 Å². The summed E-state index contributed by atoms with van der Waals surface area (Å²) in [7, 11) is 0. The van der Waals surface area contributed by atoms with Crippen LogP contribution in [0.2, 0.25) is 0 Å². The molecule has 2 aromatic carbocycles. The maximum atomic E-state index is 13.1. The van der Waals surface area contributed by atoms with Gasteiger partial charge in [-0.1, -0.05) is 18.2 Å². The third-order valence-electron chi connectivity index (χ3n) is 4.68. The lowest BCUT2D eigenvalue weighted by atomic mass is 10.1. The Kier molecular flexibility index (Phi) is 6.06. The van der Waals surface area contributed by atoms with Gasteiger partial charge >= 0.3 is 12.2 Å². The highest BCUT2D eigenvalue weighted by atomic mass is 19.4. The molecular formula is C20H21F4N3O. The Morgan fingerprint density at radius 1 is 1.00 bits per heavy atom. The van der Waals surface area contributed by atoms with Gasteiger partial charge in [0.15, 0.2) is 0 Å². The summed E-state index contributed by atoms with van der Waals surface area (Å²) < 4.78 is 51.7. The van der Waals surface area contributed by atoms with Crippen molar-refractivity contribution in [1.29, 1.82) is 0 Å². The topological polar surface area (TPSA) is 35.6 Å². The summed E-state index contributed by atoms with van der Waals surface area (Å²) in [6.07, 6.45) is -3.85. The molecule has 0 unspecified atom stereocenters. The Balaban J connectivity index is 1.47. The Bertz CT molecular complexity index is 817. The number of alkyl halides is 3. The van der Waals surface area contributed by atoms with E-state index >= 15 is 0 Å². The number of carbonyl (C=O) groups is 1. The molecule has 1 saturated heterocycles. The summed E-state index contributed by atoms with van der Waals surface area (Å²) in [6.45, 7) is 2.14. The molecule has 150 valence electrons. The number of hydrogen-bond donors (Lipinski definition) is 1. The van der Waals surface area contributed by atoms with E-state index in [1.807, 2.05) is 4.90 Å². The van der Waals surface area contributed by atoms with Crippen molar-refractivity contribution < 1.29 is 22.4 Å². The molecule has 4 nitrogen and oxygen atoms in total. The number of anilines is 1. The molecule has 1 N–H and O–H groups in total. The van der Waals surface area contributed by atoms with Gasteiger partial charge in [-0.25, -0.2) is 9.18 Å². The lowest BCUT2D eigenvalue weighted by molar-refractivity contribution is -0.137. The van der Waals surface area contributed by atoms with Gasteiger partial charge < -0.3 is 15.1 Å². The summed E-state index contributed by atoms with van der Waals surface area (Å²) in [6, 6.07) is 11.2. The summed E-state index contributed by atoms with van der Waals surface area (Å²) in [5.74, 6) is -0.311. The van der Waals surface area contributed by atoms with E-state index in [9.17, 15) is 22.4 Å². The fourth-order valence-corrected chi connectivity index (χ4v) is 3.16. The Hall–Kier alpha value is -2.77. The van der Waals surface area contributed by atoms with Crippen molar-refractivity contribution in [3.63, 3.8) is 0 Å². The molecule has 1 heterocycles. The van der Waals surface area contributed by atoms with E-state index in [0.29, 0.717) is 44.8 Å². The molecule has 0 radical (unpaired) electrons. The number of halogens is 4. The quantitative estimate of drug-likeness (QED) is 0.797. The summed E-state index contributed by atoms with van der Waals surface area (Å²) in [5, 5.41) is 2.80. The van der Waals surface area contributed by atoms with Crippen molar-refractivity contribution in [2.24, 2.45) is 0 Å². The molecule has 0 saturated carbocycles. The van der Waals surface area contributed by atoms with Crippen LogP contribution in [0.15, 0.2) is 48.5 Å². The maximum Gasteiger partial charge on any atom is 0.416 e. The van der Waals surface area contributed by atoms with Crippen molar-refractivity contribution in [3.8, 4) is 0 Å². The zero-order valence-corrected chi connectivity index (χ0v) is 15.2. The highest BCUT2D eigenvalue weighted by Crippen LogP contribution is 2.31. The predicted molar refractivity (Wildman–Crippen MR) is 98.7 cm³/mol. The fourth-order valence-electron chi connectivity index (χ4n) is 3.16. The zero-order chi connectivity index (χ0) is 20.1. The van der Waals surface area contributed by atoms with Crippen LogP contribution in [0.1, 0.15) is 11.1 Å².